The third kappa shape index (κ3) is 267. The molecule has 7 heteroatoms. The molecular formula is C2H9ClN2O4. The Bertz CT molecular complexity index is 47.0. The van der Waals surface area contributed by atoms with Crippen LogP contribution >= 0.6 is 0 Å². The van der Waals surface area contributed by atoms with E-state index in [1.165, 1.54) is 0 Å². The lowest BCUT2D eigenvalue weighted by atomic mass is 11.4. The van der Waals surface area contributed by atoms with Crippen LogP contribution in [0.2, 0.25) is 0 Å². The molecule has 0 aromatic rings. The summed E-state index contributed by atoms with van der Waals surface area (Å²) in [4.78, 5) is 0. The van der Waals surface area contributed by atoms with Crippen molar-refractivity contribution in [3.05, 3.63) is 0 Å². The fourth-order valence-corrected chi connectivity index (χ4v) is 0. The maximum absolute atomic E-state index is 8.60. The van der Waals surface area contributed by atoms with Gasteiger partial charge in [-0.2, -0.15) is 14.0 Å². The summed E-state index contributed by atoms with van der Waals surface area (Å²) >= 11 is 0. The van der Waals surface area contributed by atoms with E-state index in [0.29, 0.717) is 0 Å². The Morgan fingerprint density at radius 1 is 1.11 bits per heavy atom. The van der Waals surface area contributed by atoms with Crippen LogP contribution in [0.5, 0.6) is 0 Å². The highest BCUT2D eigenvalue weighted by Gasteiger charge is 1.98. The number of hydrogen-bond acceptors (Lipinski definition) is 6. The van der Waals surface area contributed by atoms with Gasteiger partial charge in [0.2, 0.25) is 0 Å². The molecule has 6 nitrogen and oxygen atoms in total. The molecule has 9 heavy (non-hydrogen) atoms. The molecule has 0 fully saturated rings. The third-order valence-electron chi connectivity index (χ3n) is 0.250. The van der Waals surface area contributed by atoms with Crippen molar-refractivity contribution in [2.24, 2.45) is 0 Å². The molecule has 3 N–H and O–H groups in total. The summed E-state index contributed by atoms with van der Waals surface area (Å²) in [5, 5.41) is 0. The van der Waals surface area contributed by atoms with Gasteiger partial charge in [0.1, 0.15) is 0 Å². The van der Waals surface area contributed by atoms with Crippen LogP contribution < -0.4 is 24.8 Å². The van der Waals surface area contributed by atoms with Gasteiger partial charge < -0.3 is 0 Å². The molecule has 0 saturated carbocycles. The van der Waals surface area contributed by atoms with Gasteiger partial charge in [-0.05, 0) is 14.1 Å². The van der Waals surface area contributed by atoms with Gasteiger partial charge >= 0.3 is 0 Å². The smallest absolute Gasteiger partial charge is 0.0777 e. The molecule has 0 spiro atoms. The van der Waals surface area contributed by atoms with E-state index >= 15 is 0 Å². The second-order valence-corrected chi connectivity index (χ2v) is 1.69. The molecular weight excluding hydrogens is 151 g/mol. The van der Waals surface area contributed by atoms with E-state index in [1.807, 2.05) is 14.1 Å². The monoisotopic (exact) mass is 160 g/mol. The zero-order valence-electron chi connectivity index (χ0n) is 5.05. The van der Waals surface area contributed by atoms with E-state index in [2.05, 4.69) is 10.9 Å². The first kappa shape index (κ1) is 11.8. The van der Waals surface area contributed by atoms with Gasteiger partial charge in [-0.25, -0.2) is 0 Å². The van der Waals surface area contributed by atoms with E-state index in [9.17, 15) is 0 Å². The summed E-state index contributed by atoms with van der Waals surface area (Å²) in [5.74, 6) is 0. The molecule has 0 saturated heterocycles. The van der Waals surface area contributed by atoms with Crippen molar-refractivity contribution in [2.45, 2.75) is 0 Å². The maximum Gasteiger partial charge on any atom is 0.0777 e. The summed E-state index contributed by atoms with van der Waals surface area (Å²) in [6.45, 7) is 0. The normalized spacial score (nSPS) is 10.0. The lowest BCUT2D eigenvalue weighted by Gasteiger charge is -2.03. The Morgan fingerprint density at radius 2 is 1.22 bits per heavy atom. The number of rotatable bonds is 1. The Kier molecular flexibility index (Phi) is 8.09. The third-order valence-corrected chi connectivity index (χ3v) is 0.250. The maximum atomic E-state index is 8.60. The topological polar surface area (TPSA) is 113 Å². The zero-order chi connectivity index (χ0) is 7.91. The summed E-state index contributed by atoms with van der Waals surface area (Å²) in [6.07, 6.45) is 0. The molecule has 0 radical (unpaired) electrons. The van der Waals surface area contributed by atoms with Crippen molar-refractivity contribution in [2.75, 3.05) is 14.1 Å². The minimum Gasteiger partial charge on any atom is -0.261 e. The minimum atomic E-state index is -4.69. The highest BCUT2D eigenvalue weighted by Crippen LogP contribution is 1.60. The first-order chi connectivity index (χ1) is 3.91. The Labute approximate surface area is 54.8 Å². The largest absolute Gasteiger partial charge is 0.261 e. The molecule has 0 heterocycles. The van der Waals surface area contributed by atoms with Crippen molar-refractivity contribution in [3.63, 3.8) is 0 Å². The molecule has 0 aromatic carbocycles. The lowest BCUT2D eigenvalue weighted by molar-refractivity contribution is -1.92. The Hall–Kier alpha value is 0.0500. The van der Waals surface area contributed by atoms with E-state index in [0.717, 1.165) is 0 Å². The summed E-state index contributed by atoms with van der Waals surface area (Å²) in [6, 6.07) is 0. The van der Waals surface area contributed by atoms with Gasteiger partial charge in [0.05, 0.1) is 14.9 Å². The minimum absolute atomic E-state index is 1.82. The predicted octanol–water partition coefficient (Wildman–Crippen LogP) is -4.78. The molecule has 0 aliphatic heterocycles. The van der Waals surface area contributed by atoms with Gasteiger partial charge in [-0.15, -0.1) is 0 Å². The second kappa shape index (κ2) is 6.17. The van der Waals surface area contributed by atoms with Crippen molar-refractivity contribution in [1.82, 2.24) is 10.9 Å². The van der Waals surface area contributed by atoms with E-state index in [4.69, 9.17) is 18.6 Å². The number of halogens is 1. The van der Waals surface area contributed by atoms with E-state index < -0.39 is 10.2 Å². The van der Waals surface area contributed by atoms with Gasteiger partial charge in [0.25, 0.3) is 0 Å². The molecule has 0 aromatic heterocycles. The molecule has 0 aliphatic rings. The van der Waals surface area contributed by atoms with Crippen LogP contribution in [0.1, 0.15) is 0 Å². The fourth-order valence-electron chi connectivity index (χ4n) is 0. The van der Waals surface area contributed by atoms with Crippen LogP contribution in [0.25, 0.3) is 0 Å². The zero-order valence-corrected chi connectivity index (χ0v) is 5.81. The number of hydrazine groups is 1. The first-order valence-corrected chi connectivity index (χ1v) is 3.15. The second-order valence-electron chi connectivity index (χ2n) is 0.896. The first-order valence-electron chi connectivity index (χ1n) is 1.88. The lowest BCUT2D eigenvalue weighted by Crippen LogP contribution is -2.58. The van der Waals surface area contributed by atoms with Crippen molar-refractivity contribution >= 4 is 0 Å². The average Bonchev–Trinajstić information content (AvgIpc) is 1.61. The average molecular weight is 161 g/mol. The van der Waals surface area contributed by atoms with E-state index in [1.54, 1.807) is 0 Å². The van der Waals surface area contributed by atoms with Crippen LogP contribution in [0, 0.1) is 10.2 Å². The van der Waals surface area contributed by atoms with Crippen LogP contribution in [0.4, 0.5) is 0 Å². The van der Waals surface area contributed by atoms with Gasteiger partial charge in [0, 0.05) is 0 Å². The molecule has 0 rings (SSSR count). The highest BCUT2D eigenvalue weighted by molar-refractivity contribution is 3.99. The Balaban J connectivity index is 0. The SMILES string of the molecule is CNNC.[O-][Cl+3]([O-])([O-])O. The summed E-state index contributed by atoms with van der Waals surface area (Å²) in [5.41, 5.74) is 5.36. The molecule has 0 unspecified atom stereocenters. The molecule has 58 valence electrons. The van der Waals surface area contributed by atoms with Gasteiger partial charge in [0.15, 0.2) is 0 Å². The van der Waals surface area contributed by atoms with Crippen LogP contribution in [-0.2, 0) is 0 Å². The molecule has 0 atom stereocenters. The standard InChI is InChI=1S/C2H8N2.ClHO4/c1-3-4-2;2-1(3,4)5/h3-4H,1-2H3;(H,2,3,4,5). The van der Waals surface area contributed by atoms with Gasteiger partial charge in [-0.3, -0.25) is 10.9 Å². The number of nitrogens with one attached hydrogen (secondary N) is 2. The summed E-state index contributed by atoms with van der Waals surface area (Å²) < 4.78 is 32.7. The van der Waals surface area contributed by atoms with Crippen LogP contribution in [0.3, 0.4) is 0 Å². The molecule has 0 amide bonds. The quantitative estimate of drug-likeness (QED) is 0.332. The van der Waals surface area contributed by atoms with Crippen LogP contribution in [0.15, 0.2) is 0 Å². The predicted molar refractivity (Wildman–Crippen MR) is 20.3 cm³/mol. The van der Waals surface area contributed by atoms with Gasteiger partial charge in [-0.1, -0.05) is 0 Å². The van der Waals surface area contributed by atoms with E-state index in [-0.39, 0.29) is 0 Å². The van der Waals surface area contributed by atoms with Crippen molar-refractivity contribution < 1.29 is 28.9 Å². The fraction of sp³-hybridized carbons (Fsp3) is 1.00. The molecule has 0 bridgehead atoms. The number of hydrogen-bond donors (Lipinski definition) is 3. The highest BCUT2D eigenvalue weighted by atomic mass is 35.7. The van der Waals surface area contributed by atoms with Crippen molar-refractivity contribution in [3.8, 4) is 0 Å². The summed E-state index contributed by atoms with van der Waals surface area (Å²) in [7, 11) is -1.06. The van der Waals surface area contributed by atoms with Crippen molar-refractivity contribution in [1.29, 1.82) is 0 Å². The Morgan fingerprint density at radius 3 is 1.22 bits per heavy atom. The molecule has 0 aliphatic carbocycles. The van der Waals surface area contributed by atoms with Crippen LogP contribution in [-0.4, -0.2) is 18.8 Å².